The van der Waals surface area contributed by atoms with E-state index in [0.29, 0.717) is 5.92 Å². The van der Waals surface area contributed by atoms with E-state index in [9.17, 15) is 0 Å². The van der Waals surface area contributed by atoms with Crippen molar-refractivity contribution in [1.82, 2.24) is 9.78 Å². The molecule has 1 rings (SSSR count). The van der Waals surface area contributed by atoms with Gasteiger partial charge < -0.3 is 5.11 Å². The normalized spacial score (nSPS) is 13.0. The highest BCUT2D eigenvalue weighted by atomic mass is 16.3. The van der Waals surface area contributed by atoms with Gasteiger partial charge in [-0.1, -0.05) is 33.1 Å². The van der Waals surface area contributed by atoms with Crippen molar-refractivity contribution in [3.63, 3.8) is 0 Å². The van der Waals surface area contributed by atoms with Crippen LogP contribution in [-0.4, -0.2) is 14.9 Å². The zero-order valence-electron chi connectivity index (χ0n) is 9.11. The lowest BCUT2D eigenvalue weighted by Crippen LogP contribution is -2.10. The minimum absolute atomic E-state index is 0.260. The smallest absolute Gasteiger partial charge is 0.153 e. The molecule has 0 spiro atoms. The number of aromatic nitrogens is 2. The molecular weight excluding hydrogens is 176 g/mol. The lowest BCUT2D eigenvalue weighted by atomic mass is 10.00. The summed E-state index contributed by atoms with van der Waals surface area (Å²) in [5.41, 5.74) is 0. The maximum Gasteiger partial charge on any atom is 0.153 e. The fourth-order valence-electron chi connectivity index (χ4n) is 1.63. The number of nitrogens with zero attached hydrogens (tertiary/aromatic N) is 2. The Morgan fingerprint density at radius 3 is 2.79 bits per heavy atom. The maximum absolute atomic E-state index is 9.13. The van der Waals surface area contributed by atoms with Crippen LogP contribution >= 0.6 is 0 Å². The molecule has 0 aliphatic heterocycles. The summed E-state index contributed by atoms with van der Waals surface area (Å²) < 4.78 is 1.83. The van der Waals surface area contributed by atoms with Gasteiger partial charge in [-0.05, 0) is 12.3 Å². The minimum Gasteiger partial charge on any atom is -0.505 e. The Hall–Kier alpha value is -0.990. The highest BCUT2D eigenvalue weighted by Crippen LogP contribution is 2.15. The van der Waals surface area contributed by atoms with Gasteiger partial charge >= 0.3 is 0 Å². The molecule has 0 amide bonds. The Morgan fingerprint density at radius 2 is 2.29 bits per heavy atom. The third-order valence-electron chi connectivity index (χ3n) is 2.61. The van der Waals surface area contributed by atoms with Crippen molar-refractivity contribution in [3.8, 4) is 5.75 Å². The van der Waals surface area contributed by atoms with Crippen molar-refractivity contribution in [2.75, 3.05) is 0 Å². The number of hydrogen-bond acceptors (Lipinski definition) is 2. The first-order valence-corrected chi connectivity index (χ1v) is 5.47. The standard InChI is InChI=1S/C11H20N2O/c1-3-5-6-10(4-2)8-13-9-11(14)7-12-13/h7,9-10,14H,3-6,8H2,1-2H3. The molecular formula is C11H20N2O. The van der Waals surface area contributed by atoms with E-state index < -0.39 is 0 Å². The van der Waals surface area contributed by atoms with Gasteiger partial charge in [-0.25, -0.2) is 0 Å². The third kappa shape index (κ3) is 3.40. The van der Waals surface area contributed by atoms with Gasteiger partial charge in [0.2, 0.25) is 0 Å². The van der Waals surface area contributed by atoms with Crippen LogP contribution in [0.4, 0.5) is 0 Å². The second-order valence-corrected chi connectivity index (χ2v) is 3.84. The second-order valence-electron chi connectivity index (χ2n) is 3.84. The van der Waals surface area contributed by atoms with Crippen LogP contribution in [0.25, 0.3) is 0 Å². The van der Waals surface area contributed by atoms with Gasteiger partial charge in [-0.2, -0.15) is 5.10 Å². The van der Waals surface area contributed by atoms with Crippen LogP contribution in [0.3, 0.4) is 0 Å². The van der Waals surface area contributed by atoms with E-state index >= 15 is 0 Å². The highest BCUT2D eigenvalue weighted by molar-refractivity contribution is 5.08. The molecule has 0 fully saturated rings. The molecule has 0 aliphatic carbocycles. The summed E-state index contributed by atoms with van der Waals surface area (Å²) >= 11 is 0. The SMILES string of the molecule is CCCCC(CC)Cn1cc(O)cn1. The van der Waals surface area contributed by atoms with E-state index in [1.165, 1.54) is 31.9 Å². The first-order chi connectivity index (χ1) is 6.76. The molecule has 1 aromatic heterocycles. The van der Waals surface area contributed by atoms with Crippen molar-refractivity contribution in [1.29, 1.82) is 0 Å². The summed E-state index contributed by atoms with van der Waals surface area (Å²) in [7, 11) is 0. The van der Waals surface area contributed by atoms with E-state index in [1.807, 2.05) is 4.68 Å². The molecule has 1 N–H and O–H groups in total. The lowest BCUT2D eigenvalue weighted by Gasteiger charge is -2.13. The first kappa shape index (κ1) is 11.1. The summed E-state index contributed by atoms with van der Waals surface area (Å²) in [6.07, 6.45) is 8.15. The van der Waals surface area contributed by atoms with Crippen LogP contribution in [0.2, 0.25) is 0 Å². The van der Waals surface area contributed by atoms with E-state index in [2.05, 4.69) is 18.9 Å². The molecule has 1 unspecified atom stereocenters. The Labute approximate surface area is 85.8 Å². The summed E-state index contributed by atoms with van der Waals surface area (Å²) in [6.45, 7) is 5.35. The molecule has 0 bridgehead atoms. The highest BCUT2D eigenvalue weighted by Gasteiger charge is 2.07. The van der Waals surface area contributed by atoms with Crippen LogP contribution in [0.5, 0.6) is 5.75 Å². The summed E-state index contributed by atoms with van der Waals surface area (Å²) in [6, 6.07) is 0. The first-order valence-electron chi connectivity index (χ1n) is 5.47. The fourth-order valence-corrected chi connectivity index (χ4v) is 1.63. The predicted octanol–water partition coefficient (Wildman–Crippen LogP) is 2.81. The zero-order valence-corrected chi connectivity index (χ0v) is 9.11. The molecule has 3 heteroatoms. The molecule has 1 atom stereocenters. The van der Waals surface area contributed by atoms with Crippen molar-refractivity contribution in [3.05, 3.63) is 12.4 Å². The van der Waals surface area contributed by atoms with Gasteiger partial charge in [0.05, 0.1) is 12.4 Å². The van der Waals surface area contributed by atoms with Gasteiger partial charge in [0.25, 0.3) is 0 Å². The topological polar surface area (TPSA) is 38.0 Å². The Bertz CT molecular complexity index is 258. The van der Waals surface area contributed by atoms with Crippen molar-refractivity contribution in [2.45, 2.75) is 46.1 Å². The third-order valence-corrected chi connectivity index (χ3v) is 2.61. The largest absolute Gasteiger partial charge is 0.505 e. The number of rotatable bonds is 6. The second kappa shape index (κ2) is 5.68. The Morgan fingerprint density at radius 1 is 1.50 bits per heavy atom. The van der Waals surface area contributed by atoms with Crippen LogP contribution in [0.15, 0.2) is 12.4 Å². The van der Waals surface area contributed by atoms with E-state index in [1.54, 1.807) is 6.20 Å². The quantitative estimate of drug-likeness (QED) is 0.759. The fraction of sp³-hybridized carbons (Fsp3) is 0.727. The molecule has 0 aliphatic rings. The van der Waals surface area contributed by atoms with Gasteiger partial charge in [0, 0.05) is 6.54 Å². The molecule has 3 nitrogen and oxygen atoms in total. The van der Waals surface area contributed by atoms with Gasteiger partial charge in [0.1, 0.15) is 0 Å². The van der Waals surface area contributed by atoms with E-state index in [0.717, 1.165) is 6.54 Å². The molecule has 0 saturated heterocycles. The molecule has 1 heterocycles. The van der Waals surface area contributed by atoms with Crippen molar-refractivity contribution < 1.29 is 5.11 Å². The monoisotopic (exact) mass is 196 g/mol. The van der Waals surface area contributed by atoms with E-state index in [-0.39, 0.29) is 5.75 Å². The molecule has 0 saturated carbocycles. The summed E-state index contributed by atoms with van der Waals surface area (Å²) in [4.78, 5) is 0. The molecule has 1 aromatic rings. The van der Waals surface area contributed by atoms with Crippen LogP contribution in [-0.2, 0) is 6.54 Å². The minimum atomic E-state index is 0.260. The number of hydrogen-bond donors (Lipinski definition) is 1. The average Bonchev–Trinajstić information content (AvgIpc) is 2.58. The zero-order chi connectivity index (χ0) is 10.4. The number of aromatic hydroxyl groups is 1. The molecule has 80 valence electrons. The van der Waals surface area contributed by atoms with Gasteiger partial charge in [0.15, 0.2) is 5.75 Å². The average molecular weight is 196 g/mol. The van der Waals surface area contributed by atoms with Crippen LogP contribution in [0, 0.1) is 5.92 Å². The van der Waals surface area contributed by atoms with Gasteiger partial charge in [-0.15, -0.1) is 0 Å². The van der Waals surface area contributed by atoms with Crippen LogP contribution in [0.1, 0.15) is 39.5 Å². The Balaban J connectivity index is 2.40. The maximum atomic E-state index is 9.13. The van der Waals surface area contributed by atoms with Crippen molar-refractivity contribution >= 4 is 0 Å². The lowest BCUT2D eigenvalue weighted by molar-refractivity contribution is 0.371. The Kier molecular flexibility index (Phi) is 4.50. The molecule has 0 aromatic carbocycles. The van der Waals surface area contributed by atoms with Crippen molar-refractivity contribution in [2.24, 2.45) is 5.92 Å². The number of unbranched alkanes of at least 4 members (excludes halogenated alkanes) is 1. The summed E-state index contributed by atoms with van der Waals surface area (Å²) in [5, 5.41) is 13.2. The van der Waals surface area contributed by atoms with E-state index in [4.69, 9.17) is 5.11 Å². The molecule has 0 radical (unpaired) electrons. The summed E-state index contributed by atoms with van der Waals surface area (Å²) in [5.74, 6) is 0.949. The van der Waals surface area contributed by atoms with Gasteiger partial charge in [-0.3, -0.25) is 4.68 Å². The van der Waals surface area contributed by atoms with Crippen LogP contribution < -0.4 is 0 Å². The predicted molar refractivity (Wildman–Crippen MR) is 57.2 cm³/mol. The molecule has 14 heavy (non-hydrogen) atoms.